The third-order valence-corrected chi connectivity index (χ3v) is 3.78. The van der Waals surface area contributed by atoms with Crippen molar-refractivity contribution in [2.45, 2.75) is 32.4 Å². The molecule has 0 fully saturated rings. The maximum Gasteiger partial charge on any atom is 0.326 e. The van der Waals surface area contributed by atoms with Gasteiger partial charge in [0.1, 0.15) is 6.04 Å². The molecule has 0 aliphatic carbocycles. The molecular weight excluding hydrogens is 256 g/mol. The Hall–Kier alpha value is -1.88. The van der Waals surface area contributed by atoms with Crippen LogP contribution in [0.25, 0.3) is 0 Å². The molecule has 1 aromatic carbocycles. The summed E-state index contributed by atoms with van der Waals surface area (Å²) in [6.07, 6.45) is 0.663. The first-order valence-corrected chi connectivity index (χ1v) is 6.82. The summed E-state index contributed by atoms with van der Waals surface area (Å²) in [4.78, 5) is 25.2. The average Bonchev–Trinajstić information content (AvgIpc) is 2.45. The van der Waals surface area contributed by atoms with Crippen molar-refractivity contribution in [3.8, 4) is 0 Å². The van der Waals surface area contributed by atoms with Gasteiger partial charge in [-0.05, 0) is 23.6 Å². The molecule has 1 aliphatic rings. The zero-order valence-electron chi connectivity index (χ0n) is 11.6. The number of carboxylic acids is 1. The van der Waals surface area contributed by atoms with Crippen molar-refractivity contribution in [2.75, 3.05) is 6.54 Å². The smallest absolute Gasteiger partial charge is 0.326 e. The van der Waals surface area contributed by atoms with Crippen molar-refractivity contribution in [1.29, 1.82) is 0 Å². The van der Waals surface area contributed by atoms with Crippen molar-refractivity contribution in [1.82, 2.24) is 4.90 Å². The third-order valence-electron chi connectivity index (χ3n) is 3.78. The molecule has 1 amide bonds. The van der Waals surface area contributed by atoms with Gasteiger partial charge in [0.2, 0.25) is 5.91 Å². The number of aliphatic carboxylic acids is 1. The molecule has 1 heterocycles. The van der Waals surface area contributed by atoms with Crippen molar-refractivity contribution >= 4 is 11.9 Å². The van der Waals surface area contributed by atoms with Gasteiger partial charge in [0, 0.05) is 19.4 Å². The van der Waals surface area contributed by atoms with Crippen LogP contribution in [0, 0.1) is 5.92 Å². The van der Waals surface area contributed by atoms with Gasteiger partial charge >= 0.3 is 5.97 Å². The fourth-order valence-corrected chi connectivity index (χ4v) is 2.50. The Morgan fingerprint density at radius 1 is 1.40 bits per heavy atom. The molecule has 2 atom stereocenters. The fourth-order valence-electron chi connectivity index (χ4n) is 2.50. The predicted octanol–water partition coefficient (Wildman–Crippen LogP) is 1.01. The van der Waals surface area contributed by atoms with Gasteiger partial charge in [-0.15, -0.1) is 0 Å². The number of amides is 1. The monoisotopic (exact) mass is 276 g/mol. The minimum Gasteiger partial charge on any atom is -0.480 e. The zero-order valence-corrected chi connectivity index (χ0v) is 11.6. The summed E-state index contributed by atoms with van der Waals surface area (Å²) in [7, 11) is 0. The maximum absolute atomic E-state index is 12.3. The summed E-state index contributed by atoms with van der Waals surface area (Å²) in [5.74, 6) is -1.02. The van der Waals surface area contributed by atoms with Gasteiger partial charge in [-0.25, -0.2) is 4.79 Å². The van der Waals surface area contributed by atoms with Crippen LogP contribution >= 0.6 is 0 Å². The summed E-state index contributed by atoms with van der Waals surface area (Å²) in [5, 5.41) is 9.36. The Labute approximate surface area is 118 Å². The van der Waals surface area contributed by atoms with Crippen LogP contribution in [0.4, 0.5) is 0 Å². The number of nitrogens with two attached hydrogens (primary N) is 1. The highest BCUT2D eigenvalue weighted by Gasteiger charge is 2.34. The minimum atomic E-state index is -0.951. The minimum absolute atomic E-state index is 0.0640. The van der Waals surface area contributed by atoms with Gasteiger partial charge in [0.25, 0.3) is 0 Å². The topological polar surface area (TPSA) is 83.6 Å². The second kappa shape index (κ2) is 6.05. The van der Waals surface area contributed by atoms with Gasteiger partial charge in [0.05, 0.1) is 0 Å². The number of carbonyl (C=O) groups is 2. The number of carbonyl (C=O) groups excluding carboxylic acids is 1. The van der Waals surface area contributed by atoms with Crippen LogP contribution in [0.1, 0.15) is 24.5 Å². The van der Waals surface area contributed by atoms with E-state index in [1.54, 1.807) is 0 Å². The quantitative estimate of drug-likeness (QED) is 0.859. The van der Waals surface area contributed by atoms with E-state index in [0.717, 1.165) is 11.1 Å². The molecular formula is C15H20N2O3. The zero-order chi connectivity index (χ0) is 14.7. The van der Waals surface area contributed by atoms with Gasteiger partial charge in [-0.3, -0.25) is 4.79 Å². The van der Waals surface area contributed by atoms with E-state index in [1.807, 2.05) is 31.2 Å². The predicted molar refractivity (Wildman–Crippen MR) is 75.0 cm³/mol. The van der Waals surface area contributed by atoms with E-state index in [0.29, 0.717) is 25.9 Å². The second-order valence-corrected chi connectivity index (χ2v) is 5.39. The maximum atomic E-state index is 12.3. The molecule has 1 aliphatic heterocycles. The number of fused-ring (bicyclic) bond motifs is 1. The first-order chi connectivity index (χ1) is 9.52. The molecule has 1 aromatic rings. The highest BCUT2D eigenvalue weighted by Crippen LogP contribution is 2.24. The summed E-state index contributed by atoms with van der Waals surface area (Å²) in [5.41, 5.74) is 7.57. The number of nitrogens with zero attached hydrogens (tertiary/aromatic N) is 1. The second-order valence-electron chi connectivity index (χ2n) is 5.39. The van der Waals surface area contributed by atoms with Crippen molar-refractivity contribution in [3.05, 3.63) is 35.4 Å². The lowest BCUT2D eigenvalue weighted by Crippen LogP contribution is -2.49. The first kappa shape index (κ1) is 14.5. The molecule has 0 saturated heterocycles. The lowest BCUT2D eigenvalue weighted by Gasteiger charge is -2.35. The SMILES string of the molecule is CC(CN)CC(=O)N1Cc2ccccc2C[C@H]1C(=O)O. The lowest BCUT2D eigenvalue weighted by molar-refractivity contribution is -0.151. The molecule has 0 saturated carbocycles. The Morgan fingerprint density at radius 2 is 2.05 bits per heavy atom. The van der Waals surface area contributed by atoms with Gasteiger partial charge < -0.3 is 15.7 Å². The average molecular weight is 276 g/mol. The summed E-state index contributed by atoms with van der Waals surface area (Å²) in [6.45, 7) is 2.68. The molecule has 0 radical (unpaired) electrons. The Bertz CT molecular complexity index is 516. The van der Waals surface area contributed by atoms with E-state index in [2.05, 4.69) is 0 Å². The van der Waals surface area contributed by atoms with Crippen LogP contribution < -0.4 is 5.73 Å². The molecule has 108 valence electrons. The van der Waals surface area contributed by atoms with E-state index >= 15 is 0 Å². The molecule has 1 unspecified atom stereocenters. The summed E-state index contributed by atoms with van der Waals surface area (Å²) < 4.78 is 0. The van der Waals surface area contributed by atoms with Crippen LogP contribution in [-0.4, -0.2) is 34.5 Å². The number of carboxylic acid groups (broad SMARTS) is 1. The lowest BCUT2D eigenvalue weighted by atomic mass is 9.93. The molecule has 5 nitrogen and oxygen atoms in total. The number of benzene rings is 1. The summed E-state index contributed by atoms with van der Waals surface area (Å²) in [6, 6.07) is 6.90. The van der Waals surface area contributed by atoms with Crippen molar-refractivity contribution in [3.63, 3.8) is 0 Å². The van der Waals surface area contributed by atoms with Crippen LogP contribution in [0.3, 0.4) is 0 Å². The number of rotatable bonds is 4. The highest BCUT2D eigenvalue weighted by molar-refractivity contribution is 5.84. The highest BCUT2D eigenvalue weighted by atomic mass is 16.4. The largest absolute Gasteiger partial charge is 0.480 e. The van der Waals surface area contributed by atoms with E-state index in [1.165, 1.54) is 4.90 Å². The Morgan fingerprint density at radius 3 is 2.65 bits per heavy atom. The van der Waals surface area contributed by atoms with Crippen molar-refractivity contribution < 1.29 is 14.7 Å². The Kier molecular flexibility index (Phi) is 4.39. The van der Waals surface area contributed by atoms with Gasteiger partial charge in [-0.2, -0.15) is 0 Å². The number of hydrogen-bond acceptors (Lipinski definition) is 3. The Balaban J connectivity index is 2.22. The number of hydrogen-bond donors (Lipinski definition) is 2. The molecule has 5 heteroatoms. The molecule has 0 aromatic heterocycles. The van der Waals surface area contributed by atoms with E-state index in [9.17, 15) is 14.7 Å². The van der Waals surface area contributed by atoms with E-state index < -0.39 is 12.0 Å². The fraction of sp³-hybridized carbons (Fsp3) is 0.467. The normalized spacial score (nSPS) is 19.3. The molecule has 20 heavy (non-hydrogen) atoms. The summed E-state index contributed by atoms with van der Waals surface area (Å²) >= 11 is 0. The van der Waals surface area contributed by atoms with Crippen LogP contribution in [0.5, 0.6) is 0 Å². The molecule has 3 N–H and O–H groups in total. The molecule has 0 bridgehead atoms. The van der Waals surface area contributed by atoms with Gasteiger partial charge in [0.15, 0.2) is 0 Å². The third kappa shape index (κ3) is 2.99. The standard InChI is InChI=1S/C15H20N2O3/c1-10(8-16)6-14(18)17-9-12-5-3-2-4-11(12)7-13(17)15(19)20/h2-5,10,13H,6-9,16H2,1H3,(H,19,20)/t10?,13-/m0/s1. The van der Waals surface area contributed by atoms with Crippen molar-refractivity contribution in [2.24, 2.45) is 11.7 Å². The first-order valence-electron chi connectivity index (χ1n) is 6.82. The van der Waals surface area contributed by atoms with Crippen LogP contribution in [0.2, 0.25) is 0 Å². The molecule has 2 rings (SSSR count). The van der Waals surface area contributed by atoms with Crippen LogP contribution in [0.15, 0.2) is 24.3 Å². The van der Waals surface area contributed by atoms with Crippen LogP contribution in [-0.2, 0) is 22.6 Å². The van der Waals surface area contributed by atoms with E-state index in [-0.39, 0.29) is 11.8 Å². The molecule has 0 spiro atoms. The van der Waals surface area contributed by atoms with E-state index in [4.69, 9.17) is 5.73 Å². The van der Waals surface area contributed by atoms with Gasteiger partial charge in [-0.1, -0.05) is 31.2 Å².